The van der Waals surface area contributed by atoms with Gasteiger partial charge >= 0.3 is 6.03 Å². The summed E-state index contributed by atoms with van der Waals surface area (Å²) >= 11 is 0. The summed E-state index contributed by atoms with van der Waals surface area (Å²) in [5, 5.41) is 8.29. The third-order valence-electron chi connectivity index (χ3n) is 5.94. The predicted molar refractivity (Wildman–Crippen MR) is 123 cm³/mol. The number of nitrogens with one attached hydrogen (secondary N) is 1. The number of hydrogen-bond acceptors (Lipinski definition) is 5. The first-order valence-electron chi connectivity index (χ1n) is 10.7. The van der Waals surface area contributed by atoms with Gasteiger partial charge in [-0.05, 0) is 57.0 Å². The quantitative estimate of drug-likeness (QED) is 0.668. The van der Waals surface area contributed by atoms with Crippen LogP contribution in [0.25, 0.3) is 11.0 Å². The molecule has 31 heavy (non-hydrogen) atoms. The molecule has 3 aromatic rings. The molecule has 0 aliphatic carbocycles. The first kappa shape index (κ1) is 21.0. The van der Waals surface area contributed by atoms with Gasteiger partial charge in [-0.25, -0.2) is 14.5 Å². The van der Waals surface area contributed by atoms with Crippen LogP contribution in [0, 0.1) is 0 Å². The molecule has 0 spiro atoms. The number of nitrogens with zero attached hydrogens (tertiary/aromatic N) is 5. The maximum Gasteiger partial charge on any atom is 0.321 e. The van der Waals surface area contributed by atoms with Crippen molar-refractivity contribution in [2.45, 2.75) is 38.8 Å². The molecule has 0 unspecified atom stereocenters. The number of piperidine rings is 1. The summed E-state index contributed by atoms with van der Waals surface area (Å²) in [6.07, 6.45) is 5.33. The zero-order valence-electron chi connectivity index (χ0n) is 18.6. The number of carbonyl (C=O) groups is 1. The number of benzene rings is 1. The zero-order valence-corrected chi connectivity index (χ0v) is 18.6. The van der Waals surface area contributed by atoms with Gasteiger partial charge in [0.1, 0.15) is 5.75 Å². The lowest BCUT2D eigenvalue weighted by molar-refractivity contribution is 0.193. The van der Waals surface area contributed by atoms with E-state index < -0.39 is 0 Å². The SMILES string of the molecule is COc1ccc(N2CCC(N(C)C(=O)Nc3cnc4c(cnn4C(C)C)c3)CC2)cc1. The van der Waals surface area contributed by atoms with Crippen LogP contribution in [-0.4, -0.2) is 59.0 Å². The second kappa shape index (κ2) is 8.83. The van der Waals surface area contributed by atoms with Crippen LogP contribution in [0.2, 0.25) is 0 Å². The molecule has 0 radical (unpaired) electrons. The normalized spacial score (nSPS) is 14.8. The van der Waals surface area contributed by atoms with Gasteiger partial charge in [0.2, 0.25) is 0 Å². The lowest BCUT2D eigenvalue weighted by atomic mass is 10.0. The Kier molecular flexibility index (Phi) is 5.97. The van der Waals surface area contributed by atoms with Crippen LogP contribution in [0.3, 0.4) is 0 Å². The fourth-order valence-electron chi connectivity index (χ4n) is 4.07. The van der Waals surface area contributed by atoms with E-state index in [2.05, 4.69) is 46.3 Å². The van der Waals surface area contributed by atoms with Crippen LogP contribution in [0.15, 0.2) is 42.7 Å². The van der Waals surface area contributed by atoms with Crippen molar-refractivity contribution in [1.29, 1.82) is 0 Å². The van der Waals surface area contributed by atoms with E-state index in [0.29, 0.717) is 5.69 Å². The molecular weight excluding hydrogens is 392 g/mol. The molecule has 1 aliphatic heterocycles. The maximum atomic E-state index is 12.8. The standard InChI is InChI=1S/C23H30N6O2/c1-16(2)29-22-17(14-25-29)13-18(15-24-22)26-23(30)27(3)19-9-11-28(12-10-19)20-5-7-21(31-4)8-6-20/h5-8,13-16,19H,9-12H2,1-4H3,(H,26,30). The highest BCUT2D eigenvalue weighted by Gasteiger charge is 2.26. The van der Waals surface area contributed by atoms with Gasteiger partial charge in [0, 0.05) is 43.3 Å². The van der Waals surface area contributed by atoms with Crippen molar-refractivity contribution in [3.05, 3.63) is 42.7 Å². The molecule has 0 bridgehead atoms. The third-order valence-corrected chi connectivity index (χ3v) is 5.94. The molecule has 3 heterocycles. The van der Waals surface area contributed by atoms with Gasteiger partial charge in [0.25, 0.3) is 0 Å². The Morgan fingerprint density at radius 1 is 1.19 bits per heavy atom. The fraction of sp³-hybridized carbons (Fsp3) is 0.435. The van der Waals surface area contributed by atoms with Crippen LogP contribution in [0.4, 0.5) is 16.2 Å². The minimum Gasteiger partial charge on any atom is -0.497 e. The Hall–Kier alpha value is -3.29. The highest BCUT2D eigenvalue weighted by atomic mass is 16.5. The first-order valence-corrected chi connectivity index (χ1v) is 10.7. The number of ether oxygens (including phenoxy) is 1. The van der Waals surface area contributed by atoms with Crippen molar-refractivity contribution < 1.29 is 9.53 Å². The number of aromatic nitrogens is 3. The molecule has 8 heteroatoms. The number of carbonyl (C=O) groups excluding carboxylic acids is 1. The Bertz CT molecular complexity index is 1040. The van der Waals surface area contributed by atoms with E-state index in [1.807, 2.05) is 34.8 Å². The van der Waals surface area contributed by atoms with E-state index in [1.165, 1.54) is 5.69 Å². The average molecular weight is 423 g/mol. The van der Waals surface area contributed by atoms with E-state index in [-0.39, 0.29) is 18.1 Å². The molecule has 1 saturated heterocycles. The van der Waals surface area contributed by atoms with Crippen LogP contribution in [-0.2, 0) is 0 Å². The lowest BCUT2D eigenvalue weighted by Crippen LogP contribution is -2.47. The van der Waals surface area contributed by atoms with Gasteiger partial charge < -0.3 is 19.9 Å². The van der Waals surface area contributed by atoms with Gasteiger partial charge in [-0.1, -0.05) is 0 Å². The molecule has 2 aromatic heterocycles. The third kappa shape index (κ3) is 4.42. The number of hydrogen-bond donors (Lipinski definition) is 1. The van der Waals surface area contributed by atoms with Crippen LogP contribution in [0.5, 0.6) is 5.75 Å². The van der Waals surface area contributed by atoms with Gasteiger partial charge in [-0.15, -0.1) is 0 Å². The molecule has 1 aliphatic rings. The summed E-state index contributed by atoms with van der Waals surface area (Å²) in [4.78, 5) is 21.5. The molecule has 1 fully saturated rings. The number of rotatable bonds is 5. The van der Waals surface area contributed by atoms with E-state index in [1.54, 1.807) is 19.5 Å². The Labute approximate surface area is 182 Å². The van der Waals surface area contributed by atoms with Gasteiger partial charge in [-0.3, -0.25) is 0 Å². The number of amides is 2. The van der Waals surface area contributed by atoms with Gasteiger partial charge in [-0.2, -0.15) is 5.10 Å². The highest BCUT2D eigenvalue weighted by Crippen LogP contribution is 2.25. The van der Waals surface area contributed by atoms with E-state index in [0.717, 1.165) is 42.7 Å². The molecule has 0 atom stereocenters. The largest absolute Gasteiger partial charge is 0.497 e. The van der Waals surface area contributed by atoms with Crippen molar-refractivity contribution in [3.8, 4) is 5.75 Å². The topological polar surface area (TPSA) is 75.5 Å². The zero-order chi connectivity index (χ0) is 22.0. The second-order valence-corrected chi connectivity index (χ2v) is 8.28. The van der Waals surface area contributed by atoms with Crippen LogP contribution < -0.4 is 15.0 Å². The minimum absolute atomic E-state index is 0.111. The summed E-state index contributed by atoms with van der Waals surface area (Å²) in [5.41, 5.74) is 2.70. The summed E-state index contributed by atoms with van der Waals surface area (Å²) in [5.74, 6) is 0.860. The Balaban J connectivity index is 1.35. The summed E-state index contributed by atoms with van der Waals surface area (Å²) < 4.78 is 7.12. The van der Waals surface area contributed by atoms with Crippen molar-refractivity contribution >= 4 is 28.4 Å². The molecular formula is C23H30N6O2. The Morgan fingerprint density at radius 2 is 1.90 bits per heavy atom. The molecule has 0 saturated carbocycles. The van der Waals surface area contributed by atoms with Gasteiger partial charge in [0.15, 0.2) is 5.65 Å². The molecule has 2 amide bonds. The molecule has 4 rings (SSSR count). The van der Waals surface area contributed by atoms with E-state index in [9.17, 15) is 4.79 Å². The molecule has 164 valence electrons. The summed E-state index contributed by atoms with van der Waals surface area (Å²) in [6.45, 7) is 5.96. The van der Waals surface area contributed by atoms with E-state index >= 15 is 0 Å². The predicted octanol–water partition coefficient (Wildman–Crippen LogP) is 4.15. The van der Waals surface area contributed by atoms with E-state index in [4.69, 9.17) is 4.74 Å². The van der Waals surface area contributed by atoms with Crippen molar-refractivity contribution in [2.24, 2.45) is 0 Å². The van der Waals surface area contributed by atoms with Crippen molar-refractivity contribution in [3.63, 3.8) is 0 Å². The number of anilines is 2. The van der Waals surface area contributed by atoms with Crippen molar-refractivity contribution in [1.82, 2.24) is 19.7 Å². The number of fused-ring (bicyclic) bond motifs is 1. The lowest BCUT2D eigenvalue weighted by Gasteiger charge is -2.37. The monoisotopic (exact) mass is 422 g/mol. The minimum atomic E-state index is -0.111. The second-order valence-electron chi connectivity index (χ2n) is 8.28. The van der Waals surface area contributed by atoms with Crippen molar-refractivity contribution in [2.75, 3.05) is 37.5 Å². The smallest absolute Gasteiger partial charge is 0.321 e. The van der Waals surface area contributed by atoms with Crippen LogP contribution >= 0.6 is 0 Å². The maximum absolute atomic E-state index is 12.8. The summed E-state index contributed by atoms with van der Waals surface area (Å²) in [6, 6.07) is 10.4. The average Bonchev–Trinajstić information content (AvgIpc) is 3.22. The molecule has 1 aromatic carbocycles. The molecule has 1 N–H and O–H groups in total. The highest BCUT2D eigenvalue weighted by molar-refractivity contribution is 5.91. The number of pyridine rings is 1. The fourth-order valence-corrected chi connectivity index (χ4v) is 4.07. The number of methoxy groups -OCH3 is 1. The van der Waals surface area contributed by atoms with Crippen LogP contribution in [0.1, 0.15) is 32.7 Å². The first-order chi connectivity index (χ1) is 15.0. The Morgan fingerprint density at radius 3 is 2.55 bits per heavy atom. The van der Waals surface area contributed by atoms with Gasteiger partial charge in [0.05, 0.1) is 25.2 Å². The molecule has 8 nitrogen and oxygen atoms in total. The number of urea groups is 1. The summed E-state index contributed by atoms with van der Waals surface area (Å²) in [7, 11) is 3.54.